The predicted molar refractivity (Wildman–Crippen MR) is 160 cm³/mol. The van der Waals surface area contributed by atoms with Crippen molar-refractivity contribution in [2.24, 2.45) is 75.4 Å². The number of carbonyl (C=O) groups is 2. The molecular weight excluding hydrogens is 524 g/mol. The molecule has 8 rings (SSSR count). The van der Waals surface area contributed by atoms with E-state index >= 15 is 0 Å². The van der Waals surface area contributed by atoms with Crippen molar-refractivity contribution < 1.29 is 24.2 Å². The van der Waals surface area contributed by atoms with E-state index in [0.717, 1.165) is 48.9 Å². The molecule has 234 valence electrons. The fourth-order valence-electron chi connectivity index (χ4n) is 14.9. The first kappa shape index (κ1) is 28.4. The van der Waals surface area contributed by atoms with Gasteiger partial charge in [-0.2, -0.15) is 0 Å². The van der Waals surface area contributed by atoms with Gasteiger partial charge in [-0.05, 0) is 160 Å². The molecule has 0 saturated heterocycles. The molecule has 8 saturated carbocycles. The zero-order valence-corrected chi connectivity index (χ0v) is 26.7. The Hall–Kier alpha value is -1.10. The second kappa shape index (κ2) is 9.46. The number of hydrogen-bond acceptors (Lipinski definition) is 5. The van der Waals surface area contributed by atoms with Crippen molar-refractivity contribution in [3.8, 4) is 0 Å². The van der Waals surface area contributed by atoms with Gasteiger partial charge in [-0.3, -0.25) is 4.79 Å². The lowest BCUT2D eigenvalue weighted by Gasteiger charge is -2.74. The third kappa shape index (κ3) is 3.70. The van der Waals surface area contributed by atoms with E-state index in [4.69, 9.17) is 9.47 Å². The Bertz CT molecular complexity index is 1140. The van der Waals surface area contributed by atoms with E-state index in [2.05, 4.69) is 27.7 Å². The van der Waals surface area contributed by atoms with E-state index < -0.39 is 0 Å². The van der Waals surface area contributed by atoms with E-state index in [1.165, 1.54) is 70.6 Å². The summed E-state index contributed by atoms with van der Waals surface area (Å²) < 4.78 is 11.6. The smallest absolute Gasteiger partial charge is 0.344 e. The summed E-state index contributed by atoms with van der Waals surface area (Å²) in [6, 6.07) is 0. The van der Waals surface area contributed by atoms with Crippen molar-refractivity contribution in [1.82, 2.24) is 0 Å². The van der Waals surface area contributed by atoms with Gasteiger partial charge in [0.05, 0.1) is 6.10 Å². The van der Waals surface area contributed by atoms with Gasteiger partial charge in [0.2, 0.25) is 0 Å². The highest BCUT2D eigenvalue weighted by atomic mass is 16.6. The van der Waals surface area contributed by atoms with Crippen LogP contribution in [0.3, 0.4) is 0 Å². The number of ether oxygens (including phenoxy) is 2. The van der Waals surface area contributed by atoms with Crippen LogP contribution in [0.15, 0.2) is 0 Å². The Labute approximate surface area is 253 Å². The molecule has 8 fully saturated rings. The maximum Gasteiger partial charge on any atom is 0.344 e. The molecule has 42 heavy (non-hydrogen) atoms. The number of aliphatic hydroxyl groups excluding tert-OH is 1. The minimum atomic E-state index is -0.348. The largest absolute Gasteiger partial charge is 0.456 e. The Morgan fingerprint density at radius 2 is 1.60 bits per heavy atom. The van der Waals surface area contributed by atoms with Crippen LogP contribution in [0.1, 0.15) is 124 Å². The fraction of sp³-hybridized carbons (Fsp3) is 0.946. The van der Waals surface area contributed by atoms with Gasteiger partial charge in [-0.25, -0.2) is 4.79 Å². The second-order valence-electron chi connectivity index (χ2n) is 17.8. The summed E-state index contributed by atoms with van der Waals surface area (Å²) in [5.74, 6) is 6.55. The second-order valence-corrected chi connectivity index (χ2v) is 17.8. The first-order valence-corrected chi connectivity index (χ1v) is 18.0. The van der Waals surface area contributed by atoms with Crippen LogP contribution in [0.4, 0.5) is 0 Å². The summed E-state index contributed by atoms with van der Waals surface area (Å²) in [7, 11) is 0. The standard InChI is InChI=1S/C37H56O5/c1-21(5-10-32(39)41-20-33(40)42-36(4)30-16-22-15-24-18-31(36)37(24,30)19-22)27-8-9-28-26-7-6-23-17-25(38)11-13-34(23,2)29(26)12-14-35(27,28)3/h21-31,38H,5-20H2,1-4H3. The maximum atomic E-state index is 12.8. The first-order valence-electron chi connectivity index (χ1n) is 18.0. The highest BCUT2D eigenvalue weighted by Gasteiger charge is 2.83. The molecule has 0 amide bonds. The van der Waals surface area contributed by atoms with Crippen molar-refractivity contribution in [2.45, 2.75) is 136 Å². The van der Waals surface area contributed by atoms with Gasteiger partial charge < -0.3 is 14.6 Å². The van der Waals surface area contributed by atoms with E-state index in [9.17, 15) is 14.7 Å². The number of hydrogen-bond donors (Lipinski definition) is 1. The molecule has 0 radical (unpaired) electrons. The molecule has 8 aliphatic carbocycles. The molecule has 15 unspecified atom stereocenters. The molecule has 5 nitrogen and oxygen atoms in total. The normalized spacial score (nSPS) is 55.3. The van der Waals surface area contributed by atoms with Crippen molar-refractivity contribution >= 4 is 11.9 Å². The van der Waals surface area contributed by atoms with Crippen LogP contribution in [0.2, 0.25) is 0 Å². The Morgan fingerprint density at radius 1 is 0.833 bits per heavy atom. The maximum absolute atomic E-state index is 12.8. The molecule has 2 bridgehead atoms. The minimum Gasteiger partial charge on any atom is -0.456 e. The lowest BCUT2D eigenvalue weighted by molar-refractivity contribution is -0.319. The fourth-order valence-corrected chi connectivity index (χ4v) is 14.9. The third-order valence-electron chi connectivity index (χ3n) is 16.7. The average molecular weight is 581 g/mol. The summed E-state index contributed by atoms with van der Waals surface area (Å²) in [4.78, 5) is 25.6. The molecule has 5 heteroatoms. The molecule has 0 heterocycles. The van der Waals surface area contributed by atoms with E-state index in [1.807, 2.05) is 0 Å². The average Bonchev–Trinajstić information content (AvgIpc) is 3.60. The lowest BCUT2D eigenvalue weighted by Crippen LogP contribution is -2.76. The van der Waals surface area contributed by atoms with Gasteiger partial charge in [-0.1, -0.05) is 20.8 Å². The number of esters is 2. The van der Waals surface area contributed by atoms with Crippen LogP contribution >= 0.6 is 0 Å². The molecule has 1 spiro atoms. The van der Waals surface area contributed by atoms with Gasteiger partial charge >= 0.3 is 11.9 Å². The number of carbonyl (C=O) groups excluding carboxylic acids is 2. The molecule has 0 aromatic heterocycles. The molecule has 0 aliphatic heterocycles. The Morgan fingerprint density at radius 3 is 2.40 bits per heavy atom. The van der Waals surface area contributed by atoms with Gasteiger partial charge in [-0.15, -0.1) is 0 Å². The van der Waals surface area contributed by atoms with Crippen LogP contribution in [0, 0.1) is 75.4 Å². The lowest BCUT2D eigenvalue weighted by atomic mass is 9.32. The summed E-state index contributed by atoms with van der Waals surface area (Å²) >= 11 is 0. The van der Waals surface area contributed by atoms with E-state index in [0.29, 0.717) is 52.3 Å². The van der Waals surface area contributed by atoms with Crippen LogP contribution in [0.5, 0.6) is 0 Å². The summed E-state index contributed by atoms with van der Waals surface area (Å²) in [6.45, 7) is 9.44. The van der Waals surface area contributed by atoms with E-state index in [-0.39, 0.29) is 30.3 Å². The van der Waals surface area contributed by atoms with Crippen molar-refractivity contribution in [3.05, 3.63) is 0 Å². The highest BCUT2D eigenvalue weighted by Crippen LogP contribution is 2.85. The zero-order chi connectivity index (χ0) is 29.2. The first-order chi connectivity index (χ1) is 20.0. The van der Waals surface area contributed by atoms with Crippen molar-refractivity contribution in [3.63, 3.8) is 0 Å². The molecule has 0 aromatic carbocycles. The van der Waals surface area contributed by atoms with Crippen molar-refractivity contribution in [1.29, 1.82) is 0 Å². The third-order valence-corrected chi connectivity index (χ3v) is 16.7. The van der Waals surface area contributed by atoms with Gasteiger partial charge in [0, 0.05) is 18.3 Å². The molecular formula is C37H56O5. The summed E-state index contributed by atoms with van der Waals surface area (Å²) in [5.41, 5.74) is 0.971. The van der Waals surface area contributed by atoms with Crippen LogP contribution < -0.4 is 0 Å². The zero-order valence-electron chi connectivity index (χ0n) is 26.7. The summed E-state index contributed by atoms with van der Waals surface area (Å²) in [5, 5.41) is 10.4. The Kier molecular flexibility index (Phi) is 6.39. The van der Waals surface area contributed by atoms with Crippen LogP contribution in [-0.2, 0) is 19.1 Å². The van der Waals surface area contributed by atoms with Crippen LogP contribution in [0.25, 0.3) is 0 Å². The Balaban J connectivity index is 0.822. The van der Waals surface area contributed by atoms with Crippen LogP contribution in [-0.4, -0.2) is 35.4 Å². The van der Waals surface area contributed by atoms with E-state index in [1.54, 1.807) is 0 Å². The molecule has 0 aromatic rings. The summed E-state index contributed by atoms with van der Waals surface area (Å²) in [6.07, 6.45) is 17.6. The number of rotatable bonds is 7. The minimum absolute atomic E-state index is 0.0754. The quantitative estimate of drug-likeness (QED) is 0.319. The van der Waals surface area contributed by atoms with Gasteiger partial charge in [0.1, 0.15) is 5.60 Å². The highest BCUT2D eigenvalue weighted by molar-refractivity contribution is 5.76. The molecule has 8 aliphatic rings. The SMILES string of the molecule is CC(CCC(=O)OCC(=O)OC1(C)C2CC3CC4CC1C42C3)C1CCC2C3CCC4CC(O)CCC4(C)C3CCC12C. The van der Waals surface area contributed by atoms with Gasteiger partial charge in [0.25, 0.3) is 0 Å². The number of aliphatic hydroxyl groups is 1. The molecule has 1 N–H and O–H groups in total. The number of fused-ring (bicyclic) bond motifs is 6. The van der Waals surface area contributed by atoms with Crippen molar-refractivity contribution in [2.75, 3.05) is 6.61 Å². The molecule has 15 atom stereocenters. The predicted octanol–water partition coefficient (Wildman–Crippen LogP) is 7.33. The van der Waals surface area contributed by atoms with Gasteiger partial charge in [0.15, 0.2) is 6.61 Å². The monoisotopic (exact) mass is 580 g/mol. The topological polar surface area (TPSA) is 72.8 Å².